The van der Waals surface area contributed by atoms with Gasteiger partial charge in [0.1, 0.15) is 11.1 Å². The number of nitro groups is 1. The van der Waals surface area contributed by atoms with E-state index in [0.29, 0.717) is 0 Å². The third kappa shape index (κ3) is 3.25. The molecule has 2 aromatic rings. The molecule has 0 aliphatic carbocycles. The SMILES string of the molecule is O=[N+]([O-])c1nc(F)c(Br)cc1OCc1ccccc1. The number of nitrogens with zero attached hydrogens (tertiary/aromatic N) is 2. The van der Waals surface area contributed by atoms with E-state index >= 15 is 0 Å². The van der Waals surface area contributed by atoms with Crippen molar-refractivity contribution < 1.29 is 14.1 Å². The fraction of sp³-hybridized carbons (Fsp3) is 0.0833. The predicted molar refractivity (Wildman–Crippen MR) is 69.3 cm³/mol. The van der Waals surface area contributed by atoms with E-state index in [1.54, 1.807) is 0 Å². The second-order valence-electron chi connectivity index (χ2n) is 3.61. The smallest absolute Gasteiger partial charge is 0.409 e. The first-order valence-corrected chi connectivity index (χ1v) is 6.04. The molecule has 0 N–H and O–H groups in total. The summed E-state index contributed by atoms with van der Waals surface area (Å²) in [4.78, 5) is 13.2. The van der Waals surface area contributed by atoms with Crippen LogP contribution in [0.3, 0.4) is 0 Å². The highest BCUT2D eigenvalue weighted by Gasteiger charge is 2.22. The van der Waals surface area contributed by atoms with E-state index < -0.39 is 16.7 Å². The molecule has 19 heavy (non-hydrogen) atoms. The van der Waals surface area contributed by atoms with Gasteiger partial charge in [0, 0.05) is 6.07 Å². The van der Waals surface area contributed by atoms with Crippen molar-refractivity contribution in [2.75, 3.05) is 0 Å². The summed E-state index contributed by atoms with van der Waals surface area (Å²) >= 11 is 2.92. The highest BCUT2D eigenvalue weighted by atomic mass is 79.9. The molecule has 0 bridgehead atoms. The van der Waals surface area contributed by atoms with E-state index in [1.165, 1.54) is 6.07 Å². The maximum atomic E-state index is 13.2. The van der Waals surface area contributed by atoms with Crippen LogP contribution in [-0.4, -0.2) is 9.91 Å². The largest absolute Gasteiger partial charge is 0.481 e. The minimum Gasteiger partial charge on any atom is -0.481 e. The molecule has 5 nitrogen and oxygen atoms in total. The summed E-state index contributed by atoms with van der Waals surface area (Å²) in [6, 6.07) is 10.3. The molecule has 98 valence electrons. The van der Waals surface area contributed by atoms with E-state index in [-0.39, 0.29) is 16.8 Å². The van der Waals surface area contributed by atoms with Gasteiger partial charge in [0.25, 0.3) is 0 Å². The van der Waals surface area contributed by atoms with Crippen molar-refractivity contribution in [1.82, 2.24) is 4.98 Å². The topological polar surface area (TPSA) is 65.3 Å². The molecule has 7 heteroatoms. The van der Waals surface area contributed by atoms with Gasteiger partial charge < -0.3 is 14.9 Å². The van der Waals surface area contributed by atoms with Gasteiger partial charge in [-0.1, -0.05) is 30.3 Å². The Labute approximate surface area is 116 Å². The number of ether oxygens (including phenoxy) is 1. The summed E-state index contributed by atoms with van der Waals surface area (Å²) in [5.41, 5.74) is 0.845. The average Bonchev–Trinajstić information content (AvgIpc) is 2.40. The second-order valence-corrected chi connectivity index (χ2v) is 4.47. The number of hydrogen-bond donors (Lipinski definition) is 0. The molecule has 0 atom stereocenters. The van der Waals surface area contributed by atoms with Gasteiger partial charge in [0.05, 0.1) is 0 Å². The lowest BCUT2D eigenvalue weighted by Gasteiger charge is -2.06. The number of benzene rings is 1. The van der Waals surface area contributed by atoms with Gasteiger partial charge in [-0.15, -0.1) is 0 Å². The second kappa shape index (κ2) is 5.75. The van der Waals surface area contributed by atoms with Crippen molar-refractivity contribution in [2.24, 2.45) is 0 Å². The first-order chi connectivity index (χ1) is 9.08. The first-order valence-electron chi connectivity index (χ1n) is 5.25. The normalized spacial score (nSPS) is 10.2. The monoisotopic (exact) mass is 326 g/mol. The zero-order valence-corrected chi connectivity index (χ0v) is 11.1. The molecule has 1 aromatic heterocycles. The summed E-state index contributed by atoms with van der Waals surface area (Å²) < 4.78 is 18.5. The molecule has 0 spiro atoms. The van der Waals surface area contributed by atoms with Crippen molar-refractivity contribution in [1.29, 1.82) is 0 Å². The lowest BCUT2D eigenvalue weighted by atomic mass is 10.2. The van der Waals surface area contributed by atoms with E-state index in [0.717, 1.165) is 5.56 Å². The van der Waals surface area contributed by atoms with Gasteiger partial charge in [0.15, 0.2) is 0 Å². The predicted octanol–water partition coefficient (Wildman–Crippen LogP) is 3.47. The lowest BCUT2D eigenvalue weighted by Crippen LogP contribution is -2.02. The van der Waals surface area contributed by atoms with Gasteiger partial charge in [0.2, 0.25) is 5.75 Å². The zero-order chi connectivity index (χ0) is 13.8. The van der Waals surface area contributed by atoms with Crippen LogP contribution >= 0.6 is 15.9 Å². The number of hydrogen-bond acceptors (Lipinski definition) is 4. The highest BCUT2D eigenvalue weighted by molar-refractivity contribution is 9.10. The lowest BCUT2D eigenvalue weighted by molar-refractivity contribution is -0.391. The van der Waals surface area contributed by atoms with Crippen molar-refractivity contribution in [3.05, 3.63) is 62.5 Å². The Morgan fingerprint density at radius 2 is 2.05 bits per heavy atom. The molecule has 0 fully saturated rings. The maximum Gasteiger partial charge on any atom is 0.409 e. The zero-order valence-electron chi connectivity index (χ0n) is 9.55. The van der Waals surface area contributed by atoms with E-state index in [4.69, 9.17) is 4.74 Å². The molecule has 0 amide bonds. The van der Waals surface area contributed by atoms with Crippen molar-refractivity contribution >= 4 is 21.7 Å². The van der Waals surface area contributed by atoms with Gasteiger partial charge in [-0.05, 0) is 31.4 Å². The summed E-state index contributed by atoms with van der Waals surface area (Å²) in [7, 11) is 0. The van der Waals surface area contributed by atoms with Crippen LogP contribution < -0.4 is 4.74 Å². The molecule has 0 unspecified atom stereocenters. The van der Waals surface area contributed by atoms with Crippen LogP contribution in [0.4, 0.5) is 10.2 Å². The quantitative estimate of drug-likeness (QED) is 0.490. The minimum atomic E-state index is -0.946. The molecule has 1 heterocycles. The van der Waals surface area contributed by atoms with E-state index in [9.17, 15) is 14.5 Å². The average molecular weight is 327 g/mol. The van der Waals surface area contributed by atoms with Gasteiger partial charge >= 0.3 is 11.8 Å². The van der Waals surface area contributed by atoms with Gasteiger partial charge in [-0.2, -0.15) is 4.39 Å². The van der Waals surface area contributed by atoms with Crippen LogP contribution in [0.25, 0.3) is 0 Å². The highest BCUT2D eigenvalue weighted by Crippen LogP contribution is 2.30. The summed E-state index contributed by atoms with van der Waals surface area (Å²) in [6.07, 6.45) is 0. The molecule has 2 rings (SSSR count). The van der Waals surface area contributed by atoms with Crippen LogP contribution in [0.15, 0.2) is 40.9 Å². The number of pyridine rings is 1. The molecule has 0 saturated carbocycles. The minimum absolute atomic E-state index is 0.0150. The van der Waals surface area contributed by atoms with Crippen molar-refractivity contribution in [3.63, 3.8) is 0 Å². The van der Waals surface area contributed by atoms with Crippen molar-refractivity contribution in [3.8, 4) is 5.75 Å². The molecule has 0 aliphatic rings. The van der Waals surface area contributed by atoms with Gasteiger partial charge in [-0.25, -0.2) is 0 Å². The molecule has 0 saturated heterocycles. The Balaban J connectivity index is 2.24. The Kier molecular flexibility index (Phi) is 4.06. The van der Waals surface area contributed by atoms with Crippen LogP contribution in [0, 0.1) is 16.1 Å². The fourth-order valence-electron chi connectivity index (χ4n) is 1.41. The van der Waals surface area contributed by atoms with E-state index in [2.05, 4.69) is 20.9 Å². The maximum absolute atomic E-state index is 13.2. The molecular formula is C12H8BrFN2O3. The van der Waals surface area contributed by atoms with Crippen LogP contribution in [0.1, 0.15) is 5.56 Å². The Bertz CT molecular complexity index is 607. The number of halogens is 2. The third-order valence-electron chi connectivity index (χ3n) is 2.29. The van der Waals surface area contributed by atoms with Crippen LogP contribution in [0.2, 0.25) is 0 Å². The van der Waals surface area contributed by atoms with Crippen LogP contribution in [-0.2, 0) is 6.61 Å². The molecule has 0 radical (unpaired) electrons. The van der Waals surface area contributed by atoms with Crippen molar-refractivity contribution in [2.45, 2.75) is 6.61 Å². The molecule has 1 aromatic carbocycles. The molecular weight excluding hydrogens is 319 g/mol. The number of aromatic nitrogens is 1. The summed E-state index contributed by atoms with van der Waals surface area (Å²) in [5.74, 6) is -1.67. The summed E-state index contributed by atoms with van der Waals surface area (Å²) in [6.45, 7) is 0.140. The first kappa shape index (κ1) is 13.4. The Morgan fingerprint density at radius 1 is 1.37 bits per heavy atom. The third-order valence-corrected chi connectivity index (χ3v) is 2.85. The fourth-order valence-corrected chi connectivity index (χ4v) is 1.71. The Hall–Kier alpha value is -2.02. The summed E-state index contributed by atoms with van der Waals surface area (Å²) in [5, 5.41) is 10.8. The van der Waals surface area contributed by atoms with Crippen LogP contribution in [0.5, 0.6) is 5.75 Å². The van der Waals surface area contributed by atoms with E-state index in [1.807, 2.05) is 30.3 Å². The van der Waals surface area contributed by atoms with Gasteiger partial charge in [-0.3, -0.25) is 0 Å². The number of rotatable bonds is 4. The molecule has 0 aliphatic heterocycles. The standard InChI is InChI=1S/C12H8BrFN2O3/c13-9-6-10(12(16(17)18)15-11(9)14)19-7-8-4-2-1-3-5-8/h1-6H,7H2. The Morgan fingerprint density at radius 3 is 2.68 bits per heavy atom.